The van der Waals surface area contributed by atoms with Crippen LogP contribution in [0.5, 0.6) is 0 Å². The van der Waals surface area contributed by atoms with Gasteiger partial charge in [0.2, 0.25) is 0 Å². The first-order chi connectivity index (χ1) is 9.13. The van der Waals surface area contributed by atoms with Crippen LogP contribution in [0.3, 0.4) is 0 Å². The highest BCUT2D eigenvalue weighted by Crippen LogP contribution is 2.16. The smallest absolute Gasteiger partial charge is 0.0540 e. The molecular formula is C14H23N5. The summed E-state index contributed by atoms with van der Waals surface area (Å²) in [6.45, 7) is 8.24. The van der Waals surface area contributed by atoms with E-state index in [1.807, 2.05) is 24.1 Å². The zero-order valence-electron chi connectivity index (χ0n) is 12.2. The Hall–Kier alpha value is -1.62. The minimum atomic E-state index is 0.290. The quantitative estimate of drug-likeness (QED) is 0.867. The summed E-state index contributed by atoms with van der Waals surface area (Å²) in [5.74, 6) is 0. The fourth-order valence-corrected chi connectivity index (χ4v) is 2.23. The monoisotopic (exact) mass is 261 g/mol. The Morgan fingerprint density at radius 2 is 2.16 bits per heavy atom. The Kier molecular flexibility index (Phi) is 4.37. The Morgan fingerprint density at radius 3 is 2.79 bits per heavy atom. The Morgan fingerprint density at radius 1 is 1.37 bits per heavy atom. The topological polar surface area (TPSA) is 47.7 Å². The average Bonchev–Trinajstić information content (AvgIpc) is 2.96. The molecule has 1 N–H and O–H groups in total. The van der Waals surface area contributed by atoms with Crippen molar-refractivity contribution in [3.05, 3.63) is 35.4 Å². The minimum absolute atomic E-state index is 0.290. The molecule has 0 bridgehead atoms. The third-order valence-corrected chi connectivity index (χ3v) is 3.57. The van der Waals surface area contributed by atoms with Gasteiger partial charge in [-0.25, -0.2) is 0 Å². The summed E-state index contributed by atoms with van der Waals surface area (Å²) in [6, 6.07) is 2.37. The predicted octanol–water partition coefficient (Wildman–Crippen LogP) is 2.19. The van der Waals surface area contributed by atoms with Crippen molar-refractivity contribution in [2.75, 3.05) is 0 Å². The van der Waals surface area contributed by atoms with Gasteiger partial charge in [0.05, 0.1) is 11.9 Å². The van der Waals surface area contributed by atoms with E-state index in [1.54, 1.807) is 0 Å². The lowest BCUT2D eigenvalue weighted by Gasteiger charge is -2.14. The molecule has 2 aromatic heterocycles. The molecule has 5 heteroatoms. The molecule has 0 radical (unpaired) electrons. The van der Waals surface area contributed by atoms with Crippen LogP contribution in [-0.4, -0.2) is 19.6 Å². The Bertz CT molecular complexity index is 526. The first-order valence-electron chi connectivity index (χ1n) is 6.86. The van der Waals surface area contributed by atoms with Crippen molar-refractivity contribution in [1.82, 2.24) is 24.9 Å². The van der Waals surface area contributed by atoms with Gasteiger partial charge in [0.1, 0.15) is 0 Å². The van der Waals surface area contributed by atoms with E-state index in [-0.39, 0.29) is 0 Å². The minimum Gasteiger partial charge on any atom is -0.304 e. The van der Waals surface area contributed by atoms with Crippen molar-refractivity contribution in [3.8, 4) is 0 Å². The van der Waals surface area contributed by atoms with Crippen LogP contribution in [0.15, 0.2) is 18.5 Å². The Labute approximate surface area is 114 Å². The number of aryl methyl sites for hydroxylation is 2. The van der Waals surface area contributed by atoms with Crippen LogP contribution in [0, 0.1) is 6.92 Å². The van der Waals surface area contributed by atoms with Gasteiger partial charge in [-0.15, -0.1) is 0 Å². The summed E-state index contributed by atoms with van der Waals surface area (Å²) < 4.78 is 3.98. The van der Waals surface area contributed by atoms with Gasteiger partial charge < -0.3 is 5.32 Å². The van der Waals surface area contributed by atoms with E-state index in [0.717, 1.165) is 19.5 Å². The summed E-state index contributed by atoms with van der Waals surface area (Å²) in [4.78, 5) is 0. The van der Waals surface area contributed by atoms with Crippen molar-refractivity contribution in [2.24, 2.45) is 7.05 Å². The molecule has 2 rings (SSSR count). The first-order valence-corrected chi connectivity index (χ1v) is 6.86. The summed E-state index contributed by atoms with van der Waals surface area (Å²) in [7, 11) is 1.97. The van der Waals surface area contributed by atoms with Crippen LogP contribution in [0.2, 0.25) is 0 Å². The second kappa shape index (κ2) is 6.02. The summed E-state index contributed by atoms with van der Waals surface area (Å²) in [5.41, 5.74) is 3.70. The fourth-order valence-electron chi connectivity index (χ4n) is 2.23. The van der Waals surface area contributed by atoms with E-state index >= 15 is 0 Å². The summed E-state index contributed by atoms with van der Waals surface area (Å²) in [6.07, 6.45) is 4.91. The van der Waals surface area contributed by atoms with Crippen LogP contribution in [0.4, 0.5) is 0 Å². The van der Waals surface area contributed by atoms with E-state index < -0.39 is 0 Å². The highest BCUT2D eigenvalue weighted by molar-refractivity contribution is 5.19. The number of nitrogens with one attached hydrogen (secondary N) is 1. The molecule has 1 unspecified atom stereocenters. The zero-order chi connectivity index (χ0) is 13.8. The first kappa shape index (κ1) is 13.8. The maximum absolute atomic E-state index is 4.34. The van der Waals surface area contributed by atoms with Crippen molar-refractivity contribution in [2.45, 2.75) is 46.3 Å². The summed E-state index contributed by atoms with van der Waals surface area (Å²) in [5, 5.41) is 12.2. The lowest BCUT2D eigenvalue weighted by molar-refractivity contribution is 0.515. The molecule has 0 saturated carbocycles. The van der Waals surface area contributed by atoms with Gasteiger partial charge >= 0.3 is 0 Å². The SMILES string of the molecule is CCCn1nccc1CNC(C)c1cnn(C)c1C. The molecule has 2 aromatic rings. The van der Waals surface area contributed by atoms with E-state index in [0.29, 0.717) is 6.04 Å². The predicted molar refractivity (Wildman–Crippen MR) is 75.7 cm³/mol. The summed E-state index contributed by atoms with van der Waals surface area (Å²) >= 11 is 0. The number of nitrogens with zero attached hydrogens (tertiary/aromatic N) is 4. The van der Waals surface area contributed by atoms with Crippen LogP contribution >= 0.6 is 0 Å². The largest absolute Gasteiger partial charge is 0.304 e. The number of hydrogen-bond acceptors (Lipinski definition) is 3. The van der Waals surface area contributed by atoms with Crippen LogP contribution in [0.1, 0.15) is 43.3 Å². The molecule has 0 saturated heterocycles. The van der Waals surface area contributed by atoms with Crippen molar-refractivity contribution in [1.29, 1.82) is 0 Å². The van der Waals surface area contributed by atoms with Gasteiger partial charge in [0, 0.05) is 43.6 Å². The normalized spacial score (nSPS) is 12.8. The zero-order valence-corrected chi connectivity index (χ0v) is 12.2. The molecule has 104 valence electrons. The molecule has 0 aromatic carbocycles. The fraction of sp³-hybridized carbons (Fsp3) is 0.571. The highest BCUT2D eigenvalue weighted by Gasteiger charge is 2.12. The van der Waals surface area contributed by atoms with Crippen molar-refractivity contribution in [3.63, 3.8) is 0 Å². The Balaban J connectivity index is 1.98. The van der Waals surface area contributed by atoms with Crippen LogP contribution in [0.25, 0.3) is 0 Å². The molecule has 0 aliphatic heterocycles. The van der Waals surface area contributed by atoms with Crippen molar-refractivity contribution < 1.29 is 0 Å². The van der Waals surface area contributed by atoms with E-state index in [9.17, 15) is 0 Å². The van der Waals surface area contributed by atoms with Crippen LogP contribution in [-0.2, 0) is 20.1 Å². The molecule has 19 heavy (non-hydrogen) atoms. The van der Waals surface area contributed by atoms with Gasteiger partial charge in [-0.2, -0.15) is 10.2 Å². The highest BCUT2D eigenvalue weighted by atomic mass is 15.3. The molecule has 1 atom stereocenters. The standard InChI is InChI=1S/C14H23N5/c1-5-8-19-13(6-7-16-19)9-15-11(2)14-10-17-18(4)12(14)3/h6-7,10-11,15H,5,8-9H2,1-4H3. The second-order valence-corrected chi connectivity index (χ2v) is 4.96. The van der Waals surface area contributed by atoms with E-state index in [1.165, 1.54) is 17.0 Å². The molecule has 2 heterocycles. The maximum Gasteiger partial charge on any atom is 0.0540 e. The number of aromatic nitrogens is 4. The van der Waals surface area contributed by atoms with E-state index in [2.05, 4.69) is 47.0 Å². The van der Waals surface area contributed by atoms with Gasteiger partial charge in [-0.05, 0) is 26.3 Å². The van der Waals surface area contributed by atoms with Crippen LogP contribution < -0.4 is 5.32 Å². The van der Waals surface area contributed by atoms with Gasteiger partial charge in [0.15, 0.2) is 0 Å². The average molecular weight is 261 g/mol. The third-order valence-electron chi connectivity index (χ3n) is 3.57. The van der Waals surface area contributed by atoms with Gasteiger partial charge in [-0.3, -0.25) is 9.36 Å². The van der Waals surface area contributed by atoms with Crippen molar-refractivity contribution >= 4 is 0 Å². The molecule has 0 spiro atoms. The lowest BCUT2D eigenvalue weighted by atomic mass is 10.1. The molecule has 0 fully saturated rings. The second-order valence-electron chi connectivity index (χ2n) is 4.96. The lowest BCUT2D eigenvalue weighted by Crippen LogP contribution is -2.21. The molecular weight excluding hydrogens is 238 g/mol. The number of hydrogen-bond donors (Lipinski definition) is 1. The molecule has 0 amide bonds. The van der Waals surface area contributed by atoms with Gasteiger partial charge in [-0.1, -0.05) is 6.92 Å². The molecule has 5 nitrogen and oxygen atoms in total. The number of rotatable bonds is 6. The van der Waals surface area contributed by atoms with Gasteiger partial charge in [0.25, 0.3) is 0 Å². The molecule has 0 aliphatic carbocycles. The maximum atomic E-state index is 4.34. The molecule has 0 aliphatic rings. The van der Waals surface area contributed by atoms with E-state index in [4.69, 9.17) is 0 Å². The third kappa shape index (κ3) is 3.04.